The van der Waals surface area contributed by atoms with Gasteiger partial charge in [-0.1, -0.05) is 54.6 Å². The molecule has 0 unspecified atom stereocenters. The standard InChI is InChI=1S/C22H22N2O/c1-22(2)23-19(14-20(24-22)18-11-5-6-13-21(18)25)17-12-7-9-15-8-3-4-10-16(15)17/h3-13,20,24-25H,14H2,1-2H3/p+1/t20-/m0/s1. The van der Waals surface area contributed by atoms with Crippen LogP contribution < -0.4 is 5.32 Å². The zero-order valence-corrected chi connectivity index (χ0v) is 14.6. The highest BCUT2D eigenvalue weighted by molar-refractivity contribution is 6.11. The van der Waals surface area contributed by atoms with Gasteiger partial charge in [-0.15, -0.1) is 0 Å². The summed E-state index contributed by atoms with van der Waals surface area (Å²) in [5.41, 5.74) is 3.01. The Labute approximate surface area is 148 Å². The van der Waals surface area contributed by atoms with Gasteiger partial charge in [0.15, 0.2) is 5.66 Å². The molecule has 3 heteroatoms. The molecule has 3 nitrogen and oxygen atoms in total. The Morgan fingerprint density at radius 3 is 2.52 bits per heavy atom. The van der Waals surface area contributed by atoms with E-state index in [0.29, 0.717) is 5.75 Å². The highest BCUT2D eigenvalue weighted by Gasteiger charge is 2.35. The van der Waals surface area contributed by atoms with Gasteiger partial charge in [-0.25, -0.2) is 4.99 Å². The van der Waals surface area contributed by atoms with E-state index in [9.17, 15) is 5.11 Å². The first-order valence-electron chi connectivity index (χ1n) is 8.74. The number of para-hydroxylation sites is 1. The quantitative estimate of drug-likeness (QED) is 0.738. The van der Waals surface area contributed by atoms with Crippen molar-refractivity contribution in [3.8, 4) is 5.75 Å². The van der Waals surface area contributed by atoms with Crippen LogP contribution in [-0.4, -0.2) is 16.5 Å². The van der Waals surface area contributed by atoms with E-state index in [1.165, 1.54) is 16.3 Å². The molecule has 3 N–H and O–H groups in total. The number of hydrogen-bond donors (Lipinski definition) is 2. The van der Waals surface area contributed by atoms with Gasteiger partial charge in [0.05, 0.1) is 11.3 Å². The Morgan fingerprint density at radius 2 is 1.68 bits per heavy atom. The summed E-state index contributed by atoms with van der Waals surface area (Å²) in [6, 6.07) is 22.6. The summed E-state index contributed by atoms with van der Waals surface area (Å²) in [6.07, 6.45) is 0.801. The van der Waals surface area contributed by atoms with E-state index in [2.05, 4.69) is 61.6 Å². The van der Waals surface area contributed by atoms with Gasteiger partial charge in [-0.05, 0) is 22.9 Å². The monoisotopic (exact) mass is 331 g/mol. The highest BCUT2D eigenvalue weighted by Crippen LogP contribution is 2.30. The molecule has 126 valence electrons. The number of benzene rings is 3. The van der Waals surface area contributed by atoms with Gasteiger partial charge >= 0.3 is 0 Å². The molecule has 0 radical (unpaired) electrons. The lowest BCUT2D eigenvalue weighted by molar-refractivity contribution is -0.757. The molecule has 0 aliphatic carbocycles. The number of phenolic OH excluding ortho intramolecular Hbond substituents is 1. The SMILES string of the molecule is CC1(C)N=C(c2cccc3ccccc23)C[C@@H](c2ccccc2O)[NH2+]1. The third-order valence-electron chi connectivity index (χ3n) is 4.88. The topological polar surface area (TPSA) is 49.2 Å². The van der Waals surface area contributed by atoms with E-state index < -0.39 is 0 Å². The maximum absolute atomic E-state index is 10.3. The second kappa shape index (κ2) is 6.01. The average molecular weight is 331 g/mol. The number of rotatable bonds is 2. The lowest BCUT2D eigenvalue weighted by atomic mass is 9.90. The summed E-state index contributed by atoms with van der Waals surface area (Å²) < 4.78 is 0. The molecule has 1 heterocycles. The van der Waals surface area contributed by atoms with Crippen LogP contribution >= 0.6 is 0 Å². The second-order valence-corrected chi connectivity index (χ2v) is 7.27. The van der Waals surface area contributed by atoms with Crippen molar-refractivity contribution in [2.24, 2.45) is 4.99 Å². The summed E-state index contributed by atoms with van der Waals surface area (Å²) in [5, 5.41) is 15.0. The summed E-state index contributed by atoms with van der Waals surface area (Å²) in [6.45, 7) is 4.26. The largest absolute Gasteiger partial charge is 0.507 e. The zero-order valence-electron chi connectivity index (χ0n) is 14.6. The van der Waals surface area contributed by atoms with Crippen LogP contribution in [0.1, 0.15) is 37.4 Å². The van der Waals surface area contributed by atoms with Gasteiger partial charge in [0, 0.05) is 25.8 Å². The molecular weight excluding hydrogens is 308 g/mol. The lowest BCUT2D eigenvalue weighted by Crippen LogP contribution is -2.96. The van der Waals surface area contributed by atoms with Crippen LogP contribution in [-0.2, 0) is 0 Å². The second-order valence-electron chi connectivity index (χ2n) is 7.27. The molecule has 0 aromatic heterocycles. The number of quaternary nitrogens is 1. The molecule has 1 aliphatic heterocycles. The number of aromatic hydroxyl groups is 1. The van der Waals surface area contributed by atoms with E-state index in [1.54, 1.807) is 6.07 Å². The Kier molecular flexibility index (Phi) is 3.81. The van der Waals surface area contributed by atoms with Crippen LogP contribution in [0.3, 0.4) is 0 Å². The zero-order chi connectivity index (χ0) is 17.4. The molecule has 3 aromatic carbocycles. The van der Waals surface area contributed by atoms with Gasteiger partial charge in [0.2, 0.25) is 0 Å². The number of phenols is 1. The lowest BCUT2D eigenvalue weighted by Gasteiger charge is -2.32. The fourth-order valence-corrected chi connectivity index (χ4v) is 3.84. The first-order valence-corrected chi connectivity index (χ1v) is 8.74. The molecule has 0 saturated carbocycles. The minimum Gasteiger partial charge on any atom is -0.507 e. The van der Waals surface area contributed by atoms with Crippen molar-refractivity contribution >= 4 is 16.5 Å². The third-order valence-corrected chi connectivity index (χ3v) is 4.88. The molecule has 0 amide bonds. The van der Waals surface area contributed by atoms with Crippen molar-refractivity contribution in [3.05, 3.63) is 77.9 Å². The van der Waals surface area contributed by atoms with Crippen molar-refractivity contribution < 1.29 is 10.4 Å². The molecule has 3 aromatic rings. The smallest absolute Gasteiger partial charge is 0.184 e. The average Bonchev–Trinajstić information content (AvgIpc) is 2.60. The van der Waals surface area contributed by atoms with Gasteiger partial charge in [-0.3, -0.25) is 0 Å². The van der Waals surface area contributed by atoms with Crippen molar-refractivity contribution in [3.63, 3.8) is 0 Å². The van der Waals surface area contributed by atoms with Crippen LogP contribution in [0.15, 0.2) is 71.7 Å². The molecular formula is C22H23N2O+. The molecule has 0 fully saturated rings. The minimum atomic E-state index is -0.266. The van der Waals surface area contributed by atoms with Crippen molar-refractivity contribution in [1.82, 2.24) is 0 Å². The van der Waals surface area contributed by atoms with Crippen molar-refractivity contribution in [2.45, 2.75) is 32.0 Å². The normalized spacial score (nSPS) is 19.6. The molecule has 25 heavy (non-hydrogen) atoms. The summed E-state index contributed by atoms with van der Waals surface area (Å²) in [4.78, 5) is 5.02. The summed E-state index contributed by atoms with van der Waals surface area (Å²) >= 11 is 0. The Bertz CT molecular complexity index is 954. The molecule has 0 bridgehead atoms. The Morgan fingerprint density at radius 1 is 0.960 bits per heavy atom. The third kappa shape index (κ3) is 3.03. The van der Waals surface area contributed by atoms with E-state index in [0.717, 1.165) is 17.7 Å². The Balaban J connectivity index is 1.81. The maximum atomic E-state index is 10.3. The molecule has 4 rings (SSSR count). The maximum Gasteiger partial charge on any atom is 0.184 e. The molecule has 0 saturated heterocycles. The first kappa shape index (κ1) is 15.9. The number of fused-ring (bicyclic) bond motifs is 1. The predicted molar refractivity (Wildman–Crippen MR) is 102 cm³/mol. The van der Waals surface area contributed by atoms with Gasteiger partial charge < -0.3 is 10.4 Å². The van der Waals surface area contributed by atoms with Crippen molar-refractivity contribution in [2.75, 3.05) is 0 Å². The minimum absolute atomic E-state index is 0.155. The van der Waals surface area contributed by atoms with Crippen LogP contribution in [0.25, 0.3) is 10.8 Å². The molecule has 0 spiro atoms. The van der Waals surface area contributed by atoms with Crippen molar-refractivity contribution in [1.29, 1.82) is 0 Å². The number of nitrogens with two attached hydrogens (primary N) is 1. The van der Waals surface area contributed by atoms with E-state index >= 15 is 0 Å². The van der Waals surface area contributed by atoms with Gasteiger partial charge in [0.25, 0.3) is 0 Å². The summed E-state index contributed by atoms with van der Waals surface area (Å²) in [7, 11) is 0. The predicted octanol–water partition coefficient (Wildman–Crippen LogP) is 3.78. The number of hydrogen-bond acceptors (Lipinski definition) is 2. The first-order chi connectivity index (χ1) is 12.0. The summed E-state index contributed by atoms with van der Waals surface area (Å²) in [5.74, 6) is 0.360. The van der Waals surface area contributed by atoms with Crippen LogP contribution in [0.4, 0.5) is 0 Å². The van der Waals surface area contributed by atoms with Gasteiger partial charge in [0.1, 0.15) is 11.8 Å². The van der Waals surface area contributed by atoms with E-state index in [-0.39, 0.29) is 11.7 Å². The van der Waals surface area contributed by atoms with Crippen LogP contribution in [0.2, 0.25) is 0 Å². The number of aliphatic imine (C=N–C) groups is 1. The highest BCUT2D eigenvalue weighted by atomic mass is 16.3. The molecule has 1 atom stereocenters. The van der Waals surface area contributed by atoms with E-state index in [1.807, 2.05) is 18.2 Å². The van der Waals surface area contributed by atoms with E-state index in [4.69, 9.17) is 4.99 Å². The molecule has 1 aliphatic rings. The fourth-order valence-electron chi connectivity index (χ4n) is 3.84. The van der Waals surface area contributed by atoms with Crippen LogP contribution in [0.5, 0.6) is 5.75 Å². The number of nitrogens with zero attached hydrogens (tertiary/aromatic N) is 1. The Hall–Kier alpha value is -2.65. The fraction of sp³-hybridized carbons (Fsp3) is 0.227. The van der Waals surface area contributed by atoms with Crippen LogP contribution in [0, 0.1) is 0 Å². The van der Waals surface area contributed by atoms with Gasteiger partial charge in [-0.2, -0.15) is 0 Å².